The van der Waals surface area contributed by atoms with Crippen molar-refractivity contribution in [2.75, 3.05) is 6.61 Å². The molecule has 26 heavy (non-hydrogen) atoms. The van der Waals surface area contributed by atoms with Crippen molar-refractivity contribution in [3.8, 4) is 0 Å². The molecule has 3 N–H and O–H groups in total. The van der Waals surface area contributed by atoms with Crippen molar-refractivity contribution in [2.45, 2.75) is 58.3 Å². The first-order chi connectivity index (χ1) is 12.4. The largest absolute Gasteiger partial charge is 0.466 e. The van der Waals surface area contributed by atoms with E-state index in [1.165, 1.54) is 38.5 Å². The summed E-state index contributed by atoms with van der Waals surface area (Å²) < 4.78 is 8.88. The summed E-state index contributed by atoms with van der Waals surface area (Å²) in [6.07, 6.45) is 10.5. The normalized spacial score (nSPS) is 10.9. The highest BCUT2D eigenvalue weighted by molar-refractivity contribution is 7.45. The summed E-state index contributed by atoms with van der Waals surface area (Å²) in [5.74, 6) is 0. The number of hydrogen-bond acceptors (Lipinski definition) is 10. The average Bonchev–Trinajstić information content (AvgIpc) is 2.56. The molecule has 0 aliphatic rings. The average molecular weight is 410 g/mol. The van der Waals surface area contributed by atoms with E-state index < -0.39 is 7.82 Å². The van der Waals surface area contributed by atoms with Crippen molar-refractivity contribution in [3.05, 3.63) is 12.8 Å². The van der Waals surface area contributed by atoms with Gasteiger partial charge in [-0.05, 0) is 21.5 Å². The van der Waals surface area contributed by atoms with E-state index in [2.05, 4.69) is 58.5 Å². The van der Waals surface area contributed by atoms with Crippen LogP contribution < -0.4 is 0 Å². The highest BCUT2D eigenvalue weighted by Gasteiger charge is 2.00. The smallest absolute Gasteiger partial charge is 0.315 e. The van der Waals surface area contributed by atoms with Crippen LogP contribution in [-0.2, 0) is 49.6 Å². The fourth-order valence-electron chi connectivity index (χ4n) is 1.45. The standard InChI is InChI=1S/C12H24O9.H3O4P/c1-3-5-6-7-8-9-10-11-12-14-16-18-20-21-19-17-15-13-4-2;1-5(2,3)4/h4H,2-3,5-12H2,1H3;(H3,1,2,3,4). The molecular weight excluding hydrogens is 383 g/mol. The minimum absolute atomic E-state index is 0.381. The van der Waals surface area contributed by atoms with Crippen LogP contribution in [0.15, 0.2) is 12.8 Å². The molecule has 0 saturated heterocycles. The Balaban J connectivity index is 0. The van der Waals surface area contributed by atoms with E-state index in [1.807, 2.05) is 0 Å². The van der Waals surface area contributed by atoms with Crippen LogP contribution in [0.25, 0.3) is 0 Å². The van der Waals surface area contributed by atoms with Gasteiger partial charge >= 0.3 is 7.82 Å². The van der Waals surface area contributed by atoms with E-state index >= 15 is 0 Å². The van der Waals surface area contributed by atoms with Crippen LogP contribution in [0.1, 0.15) is 58.3 Å². The van der Waals surface area contributed by atoms with E-state index in [1.54, 1.807) is 0 Å². The van der Waals surface area contributed by atoms with Gasteiger partial charge in [0.1, 0.15) is 6.26 Å². The van der Waals surface area contributed by atoms with Gasteiger partial charge in [-0.2, -0.15) is 0 Å². The summed E-state index contributed by atoms with van der Waals surface area (Å²) in [7, 11) is -4.64. The van der Waals surface area contributed by atoms with Gasteiger partial charge in [0.05, 0.1) is 6.61 Å². The van der Waals surface area contributed by atoms with Gasteiger partial charge < -0.3 is 19.6 Å². The maximum Gasteiger partial charge on any atom is 0.466 e. The lowest BCUT2D eigenvalue weighted by molar-refractivity contribution is -0.829. The zero-order chi connectivity index (χ0) is 19.9. The Morgan fingerprint density at radius 2 is 1.19 bits per heavy atom. The molecule has 0 aromatic rings. The van der Waals surface area contributed by atoms with Crippen LogP contribution in [0, 0.1) is 0 Å². The molecular formula is C12H27O13P. The molecule has 0 heterocycles. The molecule has 0 aromatic carbocycles. The van der Waals surface area contributed by atoms with Crippen LogP contribution >= 0.6 is 7.82 Å². The molecule has 14 heteroatoms. The van der Waals surface area contributed by atoms with Gasteiger partial charge in [-0.1, -0.05) is 58.4 Å². The number of phosphoric acid groups is 1. The monoisotopic (exact) mass is 410 g/mol. The zero-order valence-corrected chi connectivity index (χ0v) is 15.4. The van der Waals surface area contributed by atoms with Crippen molar-refractivity contribution in [2.24, 2.45) is 0 Å². The third kappa shape index (κ3) is 38.7. The van der Waals surface area contributed by atoms with Crippen molar-refractivity contribution in [1.29, 1.82) is 0 Å². The molecule has 0 bridgehead atoms. The molecule has 0 amide bonds. The van der Waals surface area contributed by atoms with Crippen molar-refractivity contribution >= 4 is 7.82 Å². The van der Waals surface area contributed by atoms with Crippen LogP contribution in [0.4, 0.5) is 0 Å². The molecule has 0 aliphatic carbocycles. The summed E-state index contributed by atoms with van der Waals surface area (Å²) in [6.45, 7) is 5.74. The SMILES string of the molecule is C=COOOOOOOOOCCCCCCCCCC.O=P(O)(O)O. The molecule has 13 nitrogen and oxygen atoms in total. The van der Waals surface area contributed by atoms with Crippen molar-refractivity contribution in [1.82, 2.24) is 0 Å². The van der Waals surface area contributed by atoms with Gasteiger partial charge in [0.2, 0.25) is 0 Å². The zero-order valence-electron chi connectivity index (χ0n) is 14.5. The molecule has 0 aromatic heterocycles. The summed E-state index contributed by atoms with van der Waals surface area (Å²) in [5, 5.41) is 27.1. The van der Waals surface area contributed by atoms with E-state index in [9.17, 15) is 0 Å². The lowest BCUT2D eigenvalue weighted by atomic mass is 10.1. The lowest BCUT2D eigenvalue weighted by Crippen LogP contribution is -2.02. The second-order valence-electron chi connectivity index (χ2n) is 4.55. The summed E-state index contributed by atoms with van der Waals surface area (Å²) in [4.78, 5) is 30.2. The van der Waals surface area contributed by atoms with E-state index in [0.29, 0.717) is 6.61 Å². The Bertz CT molecular complexity index is 316. The van der Waals surface area contributed by atoms with Crippen LogP contribution in [-0.4, -0.2) is 21.3 Å². The van der Waals surface area contributed by atoms with Crippen LogP contribution in [0.3, 0.4) is 0 Å². The molecule has 0 radical (unpaired) electrons. The first kappa shape index (κ1) is 27.5. The minimum atomic E-state index is -4.64. The van der Waals surface area contributed by atoms with Crippen molar-refractivity contribution < 1.29 is 64.3 Å². The fourth-order valence-corrected chi connectivity index (χ4v) is 1.45. The summed E-state index contributed by atoms with van der Waals surface area (Å²) in [5.41, 5.74) is 0. The third-order valence-corrected chi connectivity index (χ3v) is 2.40. The van der Waals surface area contributed by atoms with Gasteiger partial charge in [0.15, 0.2) is 0 Å². The van der Waals surface area contributed by atoms with Gasteiger partial charge in [0.25, 0.3) is 0 Å². The highest BCUT2D eigenvalue weighted by atomic mass is 31.2. The summed E-state index contributed by atoms with van der Waals surface area (Å²) in [6, 6.07) is 0. The maximum atomic E-state index is 8.88. The Labute approximate surface area is 150 Å². The first-order valence-electron chi connectivity index (χ1n) is 7.76. The number of rotatable bonds is 18. The quantitative estimate of drug-likeness (QED) is 0.0995. The Kier molecular flexibility index (Phi) is 23.7. The molecule has 0 saturated carbocycles. The second kappa shape index (κ2) is 22.4. The Hall–Kier alpha value is -0.670. The molecule has 0 atom stereocenters. The predicted molar refractivity (Wildman–Crippen MR) is 81.7 cm³/mol. The molecule has 0 spiro atoms. The summed E-state index contributed by atoms with van der Waals surface area (Å²) >= 11 is 0. The van der Waals surface area contributed by atoms with Gasteiger partial charge in [-0.15, -0.1) is 0 Å². The molecule has 0 rings (SSSR count). The van der Waals surface area contributed by atoms with Gasteiger partial charge in [-0.25, -0.2) is 9.45 Å². The van der Waals surface area contributed by atoms with E-state index in [-0.39, 0.29) is 0 Å². The van der Waals surface area contributed by atoms with Crippen molar-refractivity contribution in [3.63, 3.8) is 0 Å². The Morgan fingerprint density at radius 1 is 0.769 bits per heavy atom. The van der Waals surface area contributed by atoms with Gasteiger partial charge in [0, 0.05) is 20.2 Å². The topological polar surface area (TPSA) is 161 Å². The maximum absolute atomic E-state index is 8.88. The van der Waals surface area contributed by atoms with E-state index in [0.717, 1.165) is 19.1 Å². The number of hydrogen-bond donors (Lipinski definition) is 3. The molecule has 0 unspecified atom stereocenters. The van der Waals surface area contributed by atoms with Gasteiger partial charge in [-0.3, -0.25) is 0 Å². The first-order valence-corrected chi connectivity index (χ1v) is 9.32. The highest BCUT2D eigenvalue weighted by Crippen LogP contribution is 2.25. The number of unbranched alkanes of at least 4 members (excludes halogenated alkanes) is 7. The Morgan fingerprint density at radius 3 is 1.69 bits per heavy atom. The molecule has 0 fully saturated rings. The lowest BCUT2D eigenvalue weighted by Gasteiger charge is -2.02. The second-order valence-corrected chi connectivity index (χ2v) is 5.58. The third-order valence-electron chi connectivity index (χ3n) is 2.40. The van der Waals surface area contributed by atoms with Crippen LogP contribution in [0.2, 0.25) is 0 Å². The predicted octanol–water partition coefficient (Wildman–Crippen LogP) is 2.81. The molecule has 158 valence electrons. The van der Waals surface area contributed by atoms with E-state index in [4.69, 9.17) is 19.2 Å². The fraction of sp³-hybridized carbons (Fsp3) is 0.833. The van der Waals surface area contributed by atoms with Crippen LogP contribution in [0.5, 0.6) is 0 Å². The minimum Gasteiger partial charge on any atom is -0.315 e. The molecule has 0 aliphatic heterocycles.